The van der Waals surface area contributed by atoms with Crippen molar-refractivity contribution in [3.63, 3.8) is 0 Å². The van der Waals surface area contributed by atoms with Gasteiger partial charge in [0, 0.05) is 35.6 Å². The van der Waals surface area contributed by atoms with Crippen LogP contribution >= 0.6 is 15.9 Å². The first-order valence-corrected chi connectivity index (χ1v) is 6.97. The molecule has 0 radical (unpaired) electrons. The Labute approximate surface area is 115 Å². The lowest BCUT2D eigenvalue weighted by Gasteiger charge is -2.16. The van der Waals surface area contributed by atoms with Crippen LogP contribution in [0, 0.1) is 0 Å². The summed E-state index contributed by atoms with van der Waals surface area (Å²) >= 11 is 3.45. The van der Waals surface area contributed by atoms with Crippen molar-refractivity contribution in [2.24, 2.45) is 0 Å². The Morgan fingerprint density at radius 3 is 2.72 bits per heavy atom. The van der Waals surface area contributed by atoms with Crippen LogP contribution in [0.3, 0.4) is 0 Å². The third-order valence-corrected chi connectivity index (χ3v) is 3.88. The van der Waals surface area contributed by atoms with Gasteiger partial charge in [-0.1, -0.05) is 22.9 Å². The molecular weight excluding hydrogens is 294 g/mol. The molecule has 2 rings (SSSR count). The monoisotopic (exact) mass is 309 g/mol. The molecule has 0 saturated heterocycles. The SMILES string of the molecule is CCCC(=O)c1cc2c(cc1Br)CCN2C(C)=O. The summed E-state index contributed by atoms with van der Waals surface area (Å²) in [5.41, 5.74) is 2.71. The average molecular weight is 310 g/mol. The van der Waals surface area contributed by atoms with E-state index in [0.29, 0.717) is 18.5 Å². The van der Waals surface area contributed by atoms with Gasteiger partial charge in [0.25, 0.3) is 0 Å². The molecule has 0 saturated carbocycles. The van der Waals surface area contributed by atoms with E-state index in [1.165, 1.54) is 0 Å². The summed E-state index contributed by atoms with van der Waals surface area (Å²) in [5, 5.41) is 0. The first-order valence-electron chi connectivity index (χ1n) is 6.18. The van der Waals surface area contributed by atoms with E-state index in [9.17, 15) is 9.59 Å². The molecule has 1 aromatic rings. The van der Waals surface area contributed by atoms with Gasteiger partial charge in [-0.3, -0.25) is 9.59 Å². The minimum atomic E-state index is 0.0324. The molecule has 0 bridgehead atoms. The van der Waals surface area contributed by atoms with E-state index in [2.05, 4.69) is 15.9 Å². The Hall–Kier alpha value is -1.16. The van der Waals surface area contributed by atoms with Gasteiger partial charge in [0.1, 0.15) is 0 Å². The maximum atomic E-state index is 12.0. The van der Waals surface area contributed by atoms with Gasteiger partial charge < -0.3 is 4.90 Å². The number of benzene rings is 1. The molecule has 1 aromatic carbocycles. The lowest BCUT2D eigenvalue weighted by Crippen LogP contribution is -2.25. The smallest absolute Gasteiger partial charge is 0.223 e. The van der Waals surface area contributed by atoms with Gasteiger partial charge >= 0.3 is 0 Å². The molecule has 18 heavy (non-hydrogen) atoms. The average Bonchev–Trinajstić information content (AvgIpc) is 2.70. The largest absolute Gasteiger partial charge is 0.312 e. The van der Waals surface area contributed by atoms with Crippen LogP contribution in [0.5, 0.6) is 0 Å². The van der Waals surface area contributed by atoms with E-state index in [4.69, 9.17) is 0 Å². The van der Waals surface area contributed by atoms with Gasteiger partial charge in [-0.05, 0) is 30.5 Å². The molecule has 0 unspecified atom stereocenters. The van der Waals surface area contributed by atoms with Gasteiger partial charge in [0.05, 0.1) is 0 Å². The minimum Gasteiger partial charge on any atom is -0.312 e. The van der Waals surface area contributed by atoms with E-state index in [1.54, 1.807) is 11.8 Å². The number of rotatable bonds is 3. The van der Waals surface area contributed by atoms with Crippen molar-refractivity contribution in [1.29, 1.82) is 0 Å². The summed E-state index contributed by atoms with van der Waals surface area (Å²) in [7, 11) is 0. The van der Waals surface area contributed by atoms with Crippen LogP contribution in [0.4, 0.5) is 5.69 Å². The Bertz CT molecular complexity index is 511. The summed E-state index contributed by atoms with van der Waals surface area (Å²) < 4.78 is 0.838. The maximum Gasteiger partial charge on any atom is 0.223 e. The first-order chi connectivity index (χ1) is 8.54. The van der Waals surface area contributed by atoms with Crippen LogP contribution in [0.2, 0.25) is 0 Å². The van der Waals surface area contributed by atoms with Crippen LogP contribution in [-0.4, -0.2) is 18.2 Å². The van der Waals surface area contributed by atoms with Crippen molar-refractivity contribution in [2.75, 3.05) is 11.4 Å². The normalized spacial score (nSPS) is 13.6. The highest BCUT2D eigenvalue weighted by atomic mass is 79.9. The highest BCUT2D eigenvalue weighted by Gasteiger charge is 2.24. The number of anilines is 1. The number of amides is 1. The first kappa shape index (κ1) is 13.3. The molecular formula is C14H16BrNO2. The second-order valence-corrected chi connectivity index (χ2v) is 5.41. The maximum absolute atomic E-state index is 12.0. The van der Waals surface area contributed by atoms with Gasteiger partial charge in [0.15, 0.2) is 5.78 Å². The molecule has 1 heterocycles. The van der Waals surface area contributed by atoms with Crippen molar-refractivity contribution in [2.45, 2.75) is 33.1 Å². The Morgan fingerprint density at radius 2 is 2.11 bits per heavy atom. The van der Waals surface area contributed by atoms with Crippen molar-refractivity contribution >= 4 is 33.3 Å². The third kappa shape index (κ3) is 2.34. The van der Waals surface area contributed by atoms with Gasteiger partial charge in [-0.25, -0.2) is 0 Å². The predicted octanol–water partition coefficient (Wildman–Crippen LogP) is 3.34. The topological polar surface area (TPSA) is 37.4 Å². The summed E-state index contributed by atoms with van der Waals surface area (Å²) in [4.78, 5) is 25.3. The number of carbonyl (C=O) groups is 2. The molecule has 0 spiro atoms. The number of nitrogens with zero attached hydrogens (tertiary/aromatic N) is 1. The Kier molecular flexibility index (Phi) is 3.85. The fourth-order valence-electron chi connectivity index (χ4n) is 2.31. The van der Waals surface area contributed by atoms with E-state index in [0.717, 1.165) is 28.6 Å². The Balaban J connectivity index is 2.43. The summed E-state index contributed by atoms with van der Waals surface area (Å²) in [6.45, 7) is 4.26. The number of ketones is 1. The predicted molar refractivity (Wildman–Crippen MR) is 75.1 cm³/mol. The zero-order chi connectivity index (χ0) is 13.3. The lowest BCUT2D eigenvalue weighted by atomic mass is 10.0. The van der Waals surface area contributed by atoms with E-state index in [1.807, 2.05) is 19.1 Å². The van der Waals surface area contributed by atoms with Crippen molar-refractivity contribution < 1.29 is 9.59 Å². The van der Waals surface area contributed by atoms with Crippen LogP contribution in [0.15, 0.2) is 16.6 Å². The van der Waals surface area contributed by atoms with E-state index >= 15 is 0 Å². The van der Waals surface area contributed by atoms with Crippen LogP contribution < -0.4 is 4.90 Å². The van der Waals surface area contributed by atoms with Crippen LogP contribution in [-0.2, 0) is 11.2 Å². The minimum absolute atomic E-state index is 0.0324. The summed E-state index contributed by atoms with van der Waals surface area (Å²) in [5.74, 6) is 0.160. The zero-order valence-electron chi connectivity index (χ0n) is 10.6. The molecule has 0 aliphatic carbocycles. The number of fused-ring (bicyclic) bond motifs is 1. The number of carbonyl (C=O) groups excluding carboxylic acids is 2. The highest BCUT2D eigenvalue weighted by molar-refractivity contribution is 9.10. The van der Waals surface area contributed by atoms with Crippen molar-refractivity contribution in [3.8, 4) is 0 Å². The molecule has 0 fully saturated rings. The van der Waals surface area contributed by atoms with Crippen LogP contribution in [0.25, 0.3) is 0 Å². The van der Waals surface area contributed by atoms with E-state index < -0.39 is 0 Å². The summed E-state index contributed by atoms with van der Waals surface area (Å²) in [6.07, 6.45) is 2.23. The molecule has 1 amide bonds. The third-order valence-electron chi connectivity index (χ3n) is 3.22. The fourth-order valence-corrected chi connectivity index (χ4v) is 2.92. The number of hydrogen-bond donors (Lipinski definition) is 0. The van der Waals surface area contributed by atoms with Gasteiger partial charge in [-0.2, -0.15) is 0 Å². The number of hydrogen-bond acceptors (Lipinski definition) is 2. The van der Waals surface area contributed by atoms with Crippen molar-refractivity contribution in [1.82, 2.24) is 0 Å². The molecule has 0 aromatic heterocycles. The molecule has 1 aliphatic heterocycles. The van der Waals surface area contributed by atoms with Crippen molar-refractivity contribution in [3.05, 3.63) is 27.7 Å². The fraction of sp³-hybridized carbons (Fsp3) is 0.429. The molecule has 0 atom stereocenters. The van der Waals surface area contributed by atoms with E-state index in [-0.39, 0.29) is 11.7 Å². The van der Waals surface area contributed by atoms with Gasteiger partial charge in [-0.15, -0.1) is 0 Å². The number of halogens is 1. The molecule has 0 N–H and O–H groups in total. The molecule has 4 heteroatoms. The lowest BCUT2D eigenvalue weighted by molar-refractivity contribution is -0.116. The van der Waals surface area contributed by atoms with Crippen LogP contribution in [0.1, 0.15) is 42.6 Å². The second kappa shape index (κ2) is 5.22. The quantitative estimate of drug-likeness (QED) is 0.803. The zero-order valence-corrected chi connectivity index (χ0v) is 12.2. The standard InChI is InChI=1S/C14H16BrNO2/c1-3-4-14(18)11-8-13-10(7-12(11)15)5-6-16(13)9(2)17/h7-8H,3-6H2,1-2H3. The molecule has 1 aliphatic rings. The molecule has 96 valence electrons. The van der Waals surface area contributed by atoms with Gasteiger partial charge in [0.2, 0.25) is 5.91 Å². The highest BCUT2D eigenvalue weighted by Crippen LogP contribution is 2.34. The summed E-state index contributed by atoms with van der Waals surface area (Å²) in [6, 6.07) is 3.83. The molecule has 3 nitrogen and oxygen atoms in total. The second-order valence-electron chi connectivity index (χ2n) is 4.55. The number of Topliss-reactive ketones (excluding diaryl/α,β-unsaturated/α-hetero) is 1. The Morgan fingerprint density at radius 1 is 1.39 bits per heavy atom.